The lowest BCUT2D eigenvalue weighted by Gasteiger charge is -2.61. The topological polar surface area (TPSA) is 99.1 Å². The van der Waals surface area contributed by atoms with E-state index in [1.165, 1.54) is 6.42 Å². The van der Waals surface area contributed by atoms with Crippen LogP contribution in [0.1, 0.15) is 57.6 Å². The van der Waals surface area contributed by atoms with Gasteiger partial charge in [-0.05, 0) is 99.5 Å². The second-order valence-electron chi connectivity index (χ2n) is 10.4. The van der Waals surface area contributed by atoms with E-state index in [2.05, 4.69) is 42.1 Å². The summed E-state index contributed by atoms with van der Waals surface area (Å²) < 4.78 is 5.11. The van der Waals surface area contributed by atoms with Crippen molar-refractivity contribution in [2.45, 2.75) is 70.5 Å². The van der Waals surface area contributed by atoms with Gasteiger partial charge in [-0.25, -0.2) is 0 Å². The Morgan fingerprint density at radius 3 is 2.58 bits per heavy atom. The van der Waals surface area contributed by atoms with Crippen LogP contribution in [0.2, 0.25) is 0 Å². The van der Waals surface area contributed by atoms with Crippen LogP contribution in [0.4, 0.5) is 5.82 Å². The van der Waals surface area contributed by atoms with E-state index in [1.807, 2.05) is 28.2 Å². The molecule has 0 saturated heterocycles. The lowest BCUT2D eigenvalue weighted by atomic mass is 9.46. The van der Waals surface area contributed by atoms with Crippen molar-refractivity contribution in [3.05, 3.63) is 37.1 Å². The molecule has 4 aliphatic carbocycles. The number of nitro groups is 1. The third-order valence-electron chi connectivity index (χ3n) is 8.00. The zero-order valence-corrected chi connectivity index (χ0v) is 22.0. The molecule has 0 spiro atoms. The molecule has 1 amide bonds. The van der Waals surface area contributed by atoms with Gasteiger partial charge in [0.2, 0.25) is 5.91 Å². The first-order valence-electron chi connectivity index (χ1n) is 11.5. The second-order valence-corrected chi connectivity index (χ2v) is 12.1. The highest BCUT2D eigenvalue weighted by Gasteiger charge is 2.60. The Bertz CT molecular complexity index is 1100. The maximum Gasteiger partial charge on any atom is 0.404 e. The number of carbonyl (C=O) groups is 1. The van der Waals surface area contributed by atoms with Gasteiger partial charge in [0.05, 0.1) is 39.7 Å². The van der Waals surface area contributed by atoms with Gasteiger partial charge < -0.3 is 15.0 Å². The average molecular weight is 584 g/mol. The number of nitrogens with zero attached hydrogens (tertiary/aromatic N) is 6. The molecule has 2 aromatic rings. The van der Waals surface area contributed by atoms with Crippen molar-refractivity contribution in [3.8, 4) is 0 Å². The van der Waals surface area contributed by atoms with Gasteiger partial charge >= 0.3 is 5.82 Å². The van der Waals surface area contributed by atoms with Gasteiger partial charge in [-0.3, -0.25) is 9.48 Å². The van der Waals surface area contributed by atoms with Gasteiger partial charge in [0.25, 0.3) is 0 Å². The van der Waals surface area contributed by atoms with Crippen LogP contribution >= 0.6 is 31.9 Å². The number of rotatable bonds is 7. The van der Waals surface area contributed by atoms with E-state index in [9.17, 15) is 14.9 Å². The van der Waals surface area contributed by atoms with E-state index in [0.29, 0.717) is 29.3 Å². The van der Waals surface area contributed by atoms with E-state index in [-0.39, 0.29) is 22.7 Å². The maximum atomic E-state index is 13.4. The summed E-state index contributed by atoms with van der Waals surface area (Å²) >= 11 is 6.88. The molecule has 33 heavy (non-hydrogen) atoms. The molecule has 2 heterocycles. The minimum Gasteiger partial charge on any atom is -0.358 e. The molecule has 0 aliphatic heterocycles. The predicted molar refractivity (Wildman–Crippen MR) is 128 cm³/mol. The molecule has 0 N–H and O–H groups in total. The molecule has 0 radical (unpaired) electrons. The molecule has 2 unspecified atom stereocenters. The Balaban J connectivity index is 1.37. The highest BCUT2D eigenvalue weighted by atomic mass is 79.9. The highest BCUT2D eigenvalue weighted by molar-refractivity contribution is 9.10. The standard InChI is InChI=1S/C22H28Br2N6O3/c1-3-28-18(16(23)10-25-28)12-27(2)19(31)9-21-5-14-4-15(6-21)8-22(7-14,13-21)29-11-17(24)20(26-29)30(32)33/h10-11,14-15H,3-9,12-13H2,1-2H3. The zero-order valence-electron chi connectivity index (χ0n) is 18.8. The van der Waals surface area contributed by atoms with Crippen LogP contribution in [0.5, 0.6) is 0 Å². The summed E-state index contributed by atoms with van der Waals surface area (Å²) in [7, 11) is 1.87. The summed E-state index contributed by atoms with van der Waals surface area (Å²) in [4.78, 5) is 26.2. The van der Waals surface area contributed by atoms with Crippen molar-refractivity contribution in [2.24, 2.45) is 17.3 Å². The van der Waals surface area contributed by atoms with Gasteiger partial charge in [0, 0.05) is 20.0 Å². The SMILES string of the molecule is CCn1ncc(Br)c1CN(C)C(=O)CC12CC3CC(C1)CC(n1cc(Br)c([N+](=O)[O-])n1)(C3)C2. The Morgan fingerprint density at radius 1 is 1.27 bits per heavy atom. The molecule has 0 aromatic carbocycles. The highest BCUT2D eigenvalue weighted by Crippen LogP contribution is 2.65. The summed E-state index contributed by atoms with van der Waals surface area (Å²) in [6, 6.07) is 0. The molecule has 4 fully saturated rings. The van der Waals surface area contributed by atoms with Gasteiger partial charge in [-0.2, -0.15) is 9.78 Å². The van der Waals surface area contributed by atoms with Crippen LogP contribution in [0.25, 0.3) is 0 Å². The van der Waals surface area contributed by atoms with Crippen molar-refractivity contribution < 1.29 is 9.72 Å². The van der Waals surface area contributed by atoms with Crippen LogP contribution in [0.3, 0.4) is 0 Å². The van der Waals surface area contributed by atoms with Gasteiger partial charge in [0.1, 0.15) is 4.47 Å². The Kier molecular flexibility index (Phi) is 5.70. The number of halogens is 2. The molecule has 9 nitrogen and oxygen atoms in total. The fourth-order valence-electron chi connectivity index (χ4n) is 7.17. The molecular weight excluding hydrogens is 556 g/mol. The summed E-state index contributed by atoms with van der Waals surface area (Å²) in [5.41, 5.74) is 0.707. The van der Waals surface area contributed by atoms with Crippen LogP contribution in [-0.4, -0.2) is 42.3 Å². The maximum absolute atomic E-state index is 13.4. The van der Waals surface area contributed by atoms with Crippen molar-refractivity contribution >= 4 is 43.6 Å². The smallest absolute Gasteiger partial charge is 0.358 e. The summed E-state index contributed by atoms with van der Waals surface area (Å²) in [6.07, 6.45) is 10.2. The lowest BCUT2D eigenvalue weighted by Crippen LogP contribution is -2.57. The first-order chi connectivity index (χ1) is 15.6. The summed E-state index contributed by atoms with van der Waals surface area (Å²) in [6.45, 7) is 3.31. The molecular formula is C22H28Br2N6O3. The van der Waals surface area contributed by atoms with Gasteiger partial charge in [0.15, 0.2) is 0 Å². The van der Waals surface area contributed by atoms with E-state index in [4.69, 9.17) is 0 Å². The molecule has 178 valence electrons. The molecule has 11 heteroatoms. The summed E-state index contributed by atoms with van der Waals surface area (Å²) in [5, 5.41) is 20.1. The molecule has 2 aromatic heterocycles. The minimum absolute atomic E-state index is 0.0646. The van der Waals surface area contributed by atoms with E-state index < -0.39 is 4.92 Å². The van der Waals surface area contributed by atoms with Crippen molar-refractivity contribution in [1.82, 2.24) is 24.5 Å². The molecule has 6 rings (SSSR count). The van der Waals surface area contributed by atoms with Gasteiger partial charge in [-0.15, -0.1) is 0 Å². The Hall–Kier alpha value is -1.75. The number of hydrogen-bond acceptors (Lipinski definition) is 5. The fourth-order valence-corrected chi connectivity index (χ4v) is 8.01. The lowest BCUT2D eigenvalue weighted by molar-refractivity contribution is -0.390. The van der Waals surface area contributed by atoms with Crippen LogP contribution in [0.15, 0.2) is 21.3 Å². The van der Waals surface area contributed by atoms with Crippen molar-refractivity contribution in [3.63, 3.8) is 0 Å². The first-order valence-corrected chi connectivity index (χ1v) is 13.1. The monoisotopic (exact) mass is 582 g/mol. The van der Waals surface area contributed by atoms with E-state index in [1.54, 1.807) is 12.4 Å². The summed E-state index contributed by atoms with van der Waals surface area (Å²) in [5.74, 6) is 1.10. The number of aromatic nitrogens is 4. The van der Waals surface area contributed by atoms with Crippen LogP contribution in [-0.2, 0) is 23.4 Å². The molecule has 2 atom stereocenters. The molecule has 4 saturated carbocycles. The third-order valence-corrected chi connectivity index (χ3v) is 9.22. The number of hydrogen-bond donors (Lipinski definition) is 0. The molecule has 4 bridgehead atoms. The van der Waals surface area contributed by atoms with Crippen LogP contribution < -0.4 is 0 Å². The normalized spacial score (nSPS) is 30.1. The quantitative estimate of drug-likeness (QED) is 0.342. The van der Waals surface area contributed by atoms with Crippen molar-refractivity contribution in [2.75, 3.05) is 7.05 Å². The Morgan fingerprint density at radius 2 is 1.97 bits per heavy atom. The Labute approximate surface area is 209 Å². The minimum atomic E-state index is -0.436. The number of aryl methyl sites for hydroxylation is 1. The number of carbonyl (C=O) groups excluding carboxylic acids is 1. The number of amides is 1. The van der Waals surface area contributed by atoms with Crippen LogP contribution in [0, 0.1) is 27.4 Å². The van der Waals surface area contributed by atoms with E-state index in [0.717, 1.165) is 48.8 Å². The largest absolute Gasteiger partial charge is 0.404 e. The van der Waals surface area contributed by atoms with Gasteiger partial charge in [-0.1, -0.05) is 0 Å². The zero-order chi connectivity index (χ0) is 23.5. The second kappa shape index (κ2) is 8.18. The van der Waals surface area contributed by atoms with Crippen molar-refractivity contribution in [1.29, 1.82) is 0 Å². The third kappa shape index (κ3) is 3.94. The molecule has 4 aliphatic rings. The first kappa shape index (κ1) is 23.0. The predicted octanol–water partition coefficient (Wildman–Crippen LogP) is 4.88. The average Bonchev–Trinajstić information content (AvgIpc) is 3.30. The fraction of sp³-hybridized carbons (Fsp3) is 0.682. The van der Waals surface area contributed by atoms with E-state index >= 15 is 0 Å².